The van der Waals surface area contributed by atoms with Gasteiger partial charge in [-0.2, -0.15) is 5.43 Å². The van der Waals surface area contributed by atoms with Crippen molar-refractivity contribution in [2.45, 2.75) is 40.2 Å². The second kappa shape index (κ2) is 8.34. The van der Waals surface area contributed by atoms with Crippen LogP contribution in [0.15, 0.2) is 24.3 Å². The lowest BCUT2D eigenvalue weighted by Gasteiger charge is -2.33. The molecule has 0 aliphatic rings. The van der Waals surface area contributed by atoms with Gasteiger partial charge < -0.3 is 9.47 Å². The summed E-state index contributed by atoms with van der Waals surface area (Å²) < 4.78 is 11.0. The number of rotatable bonds is 7. The van der Waals surface area contributed by atoms with Crippen molar-refractivity contribution in [2.75, 3.05) is 27.7 Å². The summed E-state index contributed by atoms with van der Waals surface area (Å²) in [7, 11) is 5.26. The third-order valence-corrected chi connectivity index (χ3v) is 3.76. The highest BCUT2D eigenvalue weighted by molar-refractivity contribution is 5.96. The monoisotopic (exact) mass is 351 g/mol. The van der Waals surface area contributed by atoms with E-state index in [1.165, 1.54) is 7.11 Å². The molecule has 0 radical (unpaired) electrons. The van der Waals surface area contributed by atoms with E-state index in [0.29, 0.717) is 24.3 Å². The summed E-state index contributed by atoms with van der Waals surface area (Å²) in [5, 5.41) is 0. The van der Waals surface area contributed by atoms with Gasteiger partial charge in [-0.3, -0.25) is 9.59 Å². The Morgan fingerprint density at radius 2 is 1.80 bits per heavy atom. The second-order valence-corrected chi connectivity index (χ2v) is 7.69. The molecule has 0 bridgehead atoms. The van der Waals surface area contributed by atoms with Crippen molar-refractivity contribution in [1.82, 2.24) is 5.43 Å². The second-order valence-electron chi connectivity index (χ2n) is 7.69. The van der Waals surface area contributed by atoms with E-state index >= 15 is 0 Å². The van der Waals surface area contributed by atoms with Gasteiger partial charge in [0, 0.05) is 0 Å². The lowest BCUT2D eigenvalue weighted by atomic mass is 9.97. The van der Waals surface area contributed by atoms with Crippen LogP contribution in [-0.4, -0.2) is 50.3 Å². The van der Waals surface area contributed by atoms with E-state index in [-0.39, 0.29) is 22.6 Å². The summed E-state index contributed by atoms with van der Waals surface area (Å²) in [5.74, 6) is 0.0426. The molecule has 1 aromatic rings. The van der Waals surface area contributed by atoms with Gasteiger partial charge in [-0.15, -0.1) is 0 Å². The molecule has 140 valence electrons. The first kappa shape index (κ1) is 21.0. The van der Waals surface area contributed by atoms with Crippen LogP contribution in [-0.2, 0) is 9.53 Å². The lowest BCUT2D eigenvalue weighted by molar-refractivity contribution is -0.927. The van der Waals surface area contributed by atoms with Crippen molar-refractivity contribution in [3.63, 3.8) is 0 Å². The molecule has 0 saturated carbocycles. The number of hydrogen-bond acceptors (Lipinski definition) is 4. The number of carbonyl (C=O) groups is 2. The van der Waals surface area contributed by atoms with Crippen LogP contribution >= 0.6 is 0 Å². The average Bonchev–Trinajstić information content (AvgIpc) is 2.52. The molecule has 6 nitrogen and oxygen atoms in total. The first-order valence-corrected chi connectivity index (χ1v) is 8.50. The normalized spacial score (nSPS) is 13.1. The van der Waals surface area contributed by atoms with Crippen LogP contribution in [0.2, 0.25) is 0 Å². The molecule has 0 aliphatic carbocycles. The van der Waals surface area contributed by atoms with E-state index in [2.05, 4.69) is 5.43 Å². The minimum Gasteiger partial charge on any atom is -0.496 e. The molecule has 0 aliphatic heterocycles. The van der Waals surface area contributed by atoms with Crippen molar-refractivity contribution in [1.29, 1.82) is 0 Å². The highest BCUT2D eigenvalue weighted by atomic mass is 16.5. The number of para-hydroxylation sites is 1. The predicted molar refractivity (Wildman–Crippen MR) is 97.1 cm³/mol. The van der Waals surface area contributed by atoms with Gasteiger partial charge in [0.05, 0.1) is 32.2 Å². The quantitative estimate of drug-likeness (QED) is 0.466. The summed E-state index contributed by atoms with van der Waals surface area (Å²) in [5.41, 5.74) is 2.87. The predicted octanol–water partition coefficient (Wildman–Crippen LogP) is 2.78. The Hall–Kier alpha value is -2.08. The Kier molecular flexibility index (Phi) is 6.99. The molecule has 1 atom stereocenters. The Morgan fingerprint density at radius 3 is 2.32 bits per heavy atom. The number of quaternary nitrogens is 1. The first-order chi connectivity index (χ1) is 11.5. The van der Waals surface area contributed by atoms with Gasteiger partial charge in [0.1, 0.15) is 12.3 Å². The summed E-state index contributed by atoms with van der Waals surface area (Å²) >= 11 is 0. The van der Waals surface area contributed by atoms with Gasteiger partial charge >= 0.3 is 5.97 Å². The van der Waals surface area contributed by atoms with Crippen LogP contribution in [0.3, 0.4) is 0 Å². The molecule has 0 heterocycles. The van der Waals surface area contributed by atoms with Crippen LogP contribution in [0.4, 0.5) is 0 Å². The zero-order chi connectivity index (χ0) is 19.3. The Balaban J connectivity index is 2.79. The van der Waals surface area contributed by atoms with E-state index in [0.717, 1.165) is 0 Å². The van der Waals surface area contributed by atoms with Crippen molar-refractivity contribution < 1.29 is 23.7 Å². The number of ether oxygens (including phenoxy) is 2. The highest BCUT2D eigenvalue weighted by Crippen LogP contribution is 2.19. The number of carbonyl (C=O) groups excluding carboxylic acids is 2. The van der Waals surface area contributed by atoms with Gasteiger partial charge in [0.25, 0.3) is 5.91 Å². The van der Waals surface area contributed by atoms with Crippen LogP contribution in [0.1, 0.15) is 44.5 Å². The van der Waals surface area contributed by atoms with Crippen molar-refractivity contribution in [3.8, 4) is 5.75 Å². The van der Waals surface area contributed by atoms with Crippen LogP contribution in [0, 0.1) is 5.41 Å². The molecule has 1 N–H and O–H groups in total. The van der Waals surface area contributed by atoms with Crippen molar-refractivity contribution in [2.24, 2.45) is 5.41 Å². The number of benzene rings is 1. The third-order valence-electron chi connectivity index (χ3n) is 3.76. The minimum absolute atomic E-state index is 0.187. The third kappa shape index (κ3) is 6.38. The Bertz CT molecular complexity index is 606. The van der Waals surface area contributed by atoms with Crippen LogP contribution in [0.25, 0.3) is 0 Å². The summed E-state index contributed by atoms with van der Waals surface area (Å²) in [6, 6.07) is 7.06. The number of hydrogen-bond donors (Lipinski definition) is 1. The SMILES string of the molecule is CCC(C[N+](C)(C)NC(=O)c1ccccc1OC)OC(=O)C(C)(C)C. The molecule has 0 fully saturated rings. The molecule has 1 amide bonds. The van der Waals surface area contributed by atoms with Gasteiger partial charge in [-0.1, -0.05) is 19.1 Å². The number of amides is 1. The van der Waals surface area contributed by atoms with Crippen LogP contribution < -0.4 is 10.2 Å². The molecule has 0 aromatic heterocycles. The number of likely N-dealkylation sites (N-methyl/N-ethyl adjacent to an activating group) is 1. The molecule has 1 rings (SSSR count). The highest BCUT2D eigenvalue weighted by Gasteiger charge is 2.31. The van der Waals surface area contributed by atoms with E-state index in [4.69, 9.17) is 9.47 Å². The Morgan fingerprint density at radius 1 is 1.20 bits per heavy atom. The molecule has 0 spiro atoms. The fourth-order valence-electron chi connectivity index (χ4n) is 2.30. The van der Waals surface area contributed by atoms with Crippen molar-refractivity contribution >= 4 is 11.9 Å². The van der Waals surface area contributed by atoms with Gasteiger partial charge in [-0.05, 0) is 39.3 Å². The number of nitrogens with zero attached hydrogens (tertiary/aromatic N) is 1. The van der Waals surface area contributed by atoms with E-state index in [1.807, 2.05) is 47.9 Å². The van der Waals surface area contributed by atoms with E-state index in [1.54, 1.807) is 18.2 Å². The topological polar surface area (TPSA) is 64.6 Å². The number of esters is 1. The van der Waals surface area contributed by atoms with Gasteiger partial charge in [0.15, 0.2) is 6.10 Å². The maximum Gasteiger partial charge on any atom is 0.311 e. The number of methoxy groups -OCH3 is 1. The van der Waals surface area contributed by atoms with E-state index < -0.39 is 5.41 Å². The molecule has 1 unspecified atom stereocenters. The molecule has 1 aromatic carbocycles. The van der Waals surface area contributed by atoms with Gasteiger partial charge in [-0.25, -0.2) is 4.59 Å². The fourth-order valence-corrected chi connectivity index (χ4v) is 2.30. The summed E-state index contributed by atoms with van der Waals surface area (Å²) in [6.45, 7) is 7.91. The zero-order valence-corrected chi connectivity index (χ0v) is 16.4. The molecular weight excluding hydrogens is 320 g/mol. The average molecular weight is 351 g/mol. The number of nitrogens with one attached hydrogen (secondary N) is 1. The first-order valence-electron chi connectivity index (χ1n) is 8.50. The van der Waals surface area contributed by atoms with E-state index in [9.17, 15) is 9.59 Å². The standard InChI is InChI=1S/C19H30N2O4/c1-8-14(25-18(23)19(2,3)4)13-21(5,6)20-17(22)15-11-9-10-12-16(15)24-7/h9-12,14H,8,13H2,1-7H3/p+1. The zero-order valence-electron chi connectivity index (χ0n) is 16.4. The lowest BCUT2D eigenvalue weighted by Crippen LogP contribution is -2.58. The smallest absolute Gasteiger partial charge is 0.311 e. The molecule has 6 heteroatoms. The summed E-state index contributed by atoms with van der Waals surface area (Å²) in [4.78, 5) is 24.7. The maximum atomic E-state index is 12.6. The molecule has 0 saturated heterocycles. The summed E-state index contributed by atoms with van der Waals surface area (Å²) in [6.07, 6.45) is 0.397. The molecule has 25 heavy (non-hydrogen) atoms. The van der Waals surface area contributed by atoms with Crippen molar-refractivity contribution in [3.05, 3.63) is 29.8 Å². The minimum atomic E-state index is -0.550. The van der Waals surface area contributed by atoms with Crippen LogP contribution in [0.5, 0.6) is 5.75 Å². The largest absolute Gasteiger partial charge is 0.496 e. The molecular formula is C19H31N2O4+. The Labute approximate surface area is 150 Å². The maximum absolute atomic E-state index is 12.6. The fraction of sp³-hybridized carbons (Fsp3) is 0.579. The van der Waals surface area contributed by atoms with Gasteiger partial charge in [0.2, 0.25) is 0 Å².